The molecule has 2 aromatic rings. The SMILES string of the molecule is CCC1(C)Nc2c(OC)cc(Nc3ccccc3)cc2C(C)C1C. The van der Waals surface area contributed by atoms with Crippen LogP contribution in [0.1, 0.15) is 45.6 Å². The van der Waals surface area contributed by atoms with E-state index in [4.69, 9.17) is 4.74 Å². The smallest absolute Gasteiger partial charge is 0.144 e. The second-order valence-corrected chi connectivity index (χ2v) is 7.11. The molecule has 2 aromatic carbocycles. The van der Waals surface area contributed by atoms with Crippen molar-refractivity contribution in [1.29, 1.82) is 0 Å². The van der Waals surface area contributed by atoms with E-state index in [1.807, 2.05) is 18.2 Å². The van der Waals surface area contributed by atoms with Gasteiger partial charge in [-0.1, -0.05) is 39.0 Å². The molecule has 24 heavy (non-hydrogen) atoms. The fourth-order valence-electron chi connectivity index (χ4n) is 3.68. The Labute approximate surface area is 145 Å². The monoisotopic (exact) mass is 324 g/mol. The second-order valence-electron chi connectivity index (χ2n) is 7.11. The van der Waals surface area contributed by atoms with E-state index in [2.05, 4.69) is 62.6 Å². The summed E-state index contributed by atoms with van der Waals surface area (Å²) in [4.78, 5) is 0. The van der Waals surface area contributed by atoms with Crippen LogP contribution in [0, 0.1) is 5.92 Å². The van der Waals surface area contributed by atoms with Gasteiger partial charge in [-0.25, -0.2) is 0 Å². The van der Waals surface area contributed by atoms with E-state index in [1.165, 1.54) is 5.56 Å². The zero-order valence-corrected chi connectivity index (χ0v) is 15.3. The average molecular weight is 324 g/mol. The summed E-state index contributed by atoms with van der Waals surface area (Å²) >= 11 is 0. The van der Waals surface area contributed by atoms with Crippen molar-refractivity contribution < 1.29 is 4.74 Å². The molecule has 128 valence electrons. The van der Waals surface area contributed by atoms with Gasteiger partial charge in [-0.2, -0.15) is 0 Å². The van der Waals surface area contributed by atoms with Gasteiger partial charge in [0.2, 0.25) is 0 Å². The van der Waals surface area contributed by atoms with E-state index < -0.39 is 0 Å². The number of hydrogen-bond acceptors (Lipinski definition) is 3. The average Bonchev–Trinajstić information content (AvgIpc) is 2.61. The Morgan fingerprint density at radius 2 is 1.83 bits per heavy atom. The van der Waals surface area contributed by atoms with Crippen molar-refractivity contribution in [3.8, 4) is 5.75 Å². The molecule has 1 heterocycles. The van der Waals surface area contributed by atoms with E-state index in [-0.39, 0.29) is 5.54 Å². The molecule has 3 heteroatoms. The summed E-state index contributed by atoms with van der Waals surface area (Å²) in [5.74, 6) is 1.92. The molecule has 0 radical (unpaired) electrons. The lowest BCUT2D eigenvalue weighted by Crippen LogP contribution is -2.46. The first kappa shape index (κ1) is 16.7. The number of fused-ring (bicyclic) bond motifs is 1. The molecule has 0 fully saturated rings. The molecule has 3 unspecified atom stereocenters. The van der Waals surface area contributed by atoms with Crippen molar-refractivity contribution in [3.05, 3.63) is 48.0 Å². The molecule has 0 saturated heterocycles. The third-order valence-electron chi connectivity index (χ3n) is 5.81. The van der Waals surface area contributed by atoms with Crippen LogP contribution in [0.2, 0.25) is 0 Å². The molecule has 3 atom stereocenters. The topological polar surface area (TPSA) is 33.3 Å². The molecule has 0 bridgehead atoms. The van der Waals surface area contributed by atoms with Crippen LogP contribution in [0.25, 0.3) is 0 Å². The van der Waals surface area contributed by atoms with Gasteiger partial charge in [0.15, 0.2) is 0 Å². The van der Waals surface area contributed by atoms with Crippen LogP contribution in [0.4, 0.5) is 17.1 Å². The lowest BCUT2D eigenvalue weighted by atomic mass is 9.70. The number of nitrogens with one attached hydrogen (secondary N) is 2. The van der Waals surface area contributed by atoms with Crippen LogP contribution in [-0.2, 0) is 0 Å². The quantitative estimate of drug-likeness (QED) is 0.748. The van der Waals surface area contributed by atoms with E-state index >= 15 is 0 Å². The van der Waals surface area contributed by atoms with Crippen molar-refractivity contribution in [3.63, 3.8) is 0 Å². The van der Waals surface area contributed by atoms with Gasteiger partial charge in [0.05, 0.1) is 12.8 Å². The third kappa shape index (κ3) is 2.83. The van der Waals surface area contributed by atoms with E-state index in [9.17, 15) is 0 Å². The minimum absolute atomic E-state index is 0.0913. The fraction of sp³-hybridized carbons (Fsp3) is 0.429. The number of methoxy groups -OCH3 is 1. The van der Waals surface area contributed by atoms with Crippen LogP contribution < -0.4 is 15.4 Å². The Morgan fingerprint density at radius 1 is 1.12 bits per heavy atom. The number of para-hydroxylation sites is 1. The van der Waals surface area contributed by atoms with Gasteiger partial charge >= 0.3 is 0 Å². The Balaban J connectivity index is 2.03. The van der Waals surface area contributed by atoms with Crippen molar-refractivity contribution >= 4 is 17.1 Å². The molecule has 0 aromatic heterocycles. The lowest BCUT2D eigenvalue weighted by Gasteiger charge is -2.46. The molecule has 3 nitrogen and oxygen atoms in total. The first-order valence-electron chi connectivity index (χ1n) is 8.80. The summed E-state index contributed by atoms with van der Waals surface area (Å²) in [6.45, 7) is 9.23. The van der Waals surface area contributed by atoms with Crippen LogP contribution in [0.15, 0.2) is 42.5 Å². The highest BCUT2D eigenvalue weighted by Crippen LogP contribution is 2.49. The number of ether oxygens (including phenoxy) is 1. The molecule has 2 N–H and O–H groups in total. The Bertz CT molecular complexity index is 713. The summed E-state index contributed by atoms with van der Waals surface area (Å²) in [6.07, 6.45) is 1.09. The highest BCUT2D eigenvalue weighted by atomic mass is 16.5. The maximum absolute atomic E-state index is 5.71. The third-order valence-corrected chi connectivity index (χ3v) is 5.81. The fourth-order valence-corrected chi connectivity index (χ4v) is 3.68. The van der Waals surface area contributed by atoms with Crippen molar-refractivity contribution in [2.75, 3.05) is 17.7 Å². The molecule has 1 aliphatic rings. The van der Waals surface area contributed by atoms with Crippen LogP contribution in [-0.4, -0.2) is 12.6 Å². The van der Waals surface area contributed by atoms with Crippen molar-refractivity contribution in [1.82, 2.24) is 0 Å². The van der Waals surface area contributed by atoms with Crippen LogP contribution in [0.5, 0.6) is 5.75 Å². The minimum atomic E-state index is 0.0913. The summed E-state index contributed by atoms with van der Waals surface area (Å²) in [7, 11) is 1.75. The summed E-state index contributed by atoms with van der Waals surface area (Å²) < 4.78 is 5.71. The number of anilines is 3. The predicted molar refractivity (Wildman–Crippen MR) is 103 cm³/mol. The lowest BCUT2D eigenvalue weighted by molar-refractivity contribution is 0.281. The summed E-state index contributed by atoms with van der Waals surface area (Å²) in [5.41, 5.74) is 4.71. The zero-order chi connectivity index (χ0) is 17.3. The molecular weight excluding hydrogens is 296 g/mol. The molecule has 0 saturated carbocycles. The Kier molecular flexibility index (Phi) is 4.44. The van der Waals surface area contributed by atoms with Gasteiger partial charge in [0.1, 0.15) is 5.75 Å². The Morgan fingerprint density at radius 3 is 2.46 bits per heavy atom. The number of hydrogen-bond donors (Lipinski definition) is 2. The minimum Gasteiger partial charge on any atom is -0.495 e. The molecule has 0 spiro atoms. The van der Waals surface area contributed by atoms with Crippen LogP contribution in [0.3, 0.4) is 0 Å². The van der Waals surface area contributed by atoms with Crippen molar-refractivity contribution in [2.24, 2.45) is 5.92 Å². The largest absolute Gasteiger partial charge is 0.495 e. The highest BCUT2D eigenvalue weighted by molar-refractivity contribution is 5.74. The first-order chi connectivity index (χ1) is 11.5. The maximum Gasteiger partial charge on any atom is 0.144 e. The van der Waals surface area contributed by atoms with Gasteiger partial charge in [-0.3, -0.25) is 0 Å². The van der Waals surface area contributed by atoms with Gasteiger partial charge in [0, 0.05) is 23.0 Å². The second kappa shape index (κ2) is 6.39. The molecule has 3 rings (SSSR count). The molecule has 0 amide bonds. The van der Waals surface area contributed by atoms with E-state index in [0.29, 0.717) is 11.8 Å². The normalized spacial score (nSPS) is 25.5. The standard InChI is InChI=1S/C21H28N2O/c1-6-21(4)15(3)14(2)18-12-17(13-19(24-5)20(18)23-21)22-16-10-8-7-9-11-16/h7-15,22-23H,6H2,1-5H3. The predicted octanol–water partition coefficient (Wildman–Crippen LogP) is 5.77. The van der Waals surface area contributed by atoms with E-state index in [0.717, 1.165) is 29.2 Å². The van der Waals surface area contributed by atoms with Crippen LogP contribution >= 0.6 is 0 Å². The van der Waals surface area contributed by atoms with Gasteiger partial charge in [0.25, 0.3) is 0 Å². The maximum atomic E-state index is 5.71. The number of rotatable bonds is 4. The molecule has 1 aliphatic heterocycles. The van der Waals surface area contributed by atoms with Crippen molar-refractivity contribution in [2.45, 2.75) is 45.6 Å². The van der Waals surface area contributed by atoms with Gasteiger partial charge < -0.3 is 15.4 Å². The summed E-state index contributed by atoms with van der Waals surface area (Å²) in [6, 6.07) is 14.6. The number of benzene rings is 2. The highest BCUT2D eigenvalue weighted by Gasteiger charge is 2.40. The molecular formula is C21H28N2O. The molecule has 0 aliphatic carbocycles. The van der Waals surface area contributed by atoms with Gasteiger partial charge in [-0.05, 0) is 48.9 Å². The summed E-state index contributed by atoms with van der Waals surface area (Å²) in [5, 5.41) is 7.25. The first-order valence-corrected chi connectivity index (χ1v) is 8.80. The van der Waals surface area contributed by atoms with Gasteiger partial charge in [-0.15, -0.1) is 0 Å². The Hall–Kier alpha value is -2.16. The zero-order valence-electron chi connectivity index (χ0n) is 15.3. The van der Waals surface area contributed by atoms with E-state index in [1.54, 1.807) is 7.11 Å².